The van der Waals surface area contributed by atoms with E-state index in [2.05, 4.69) is 17.5 Å². The second kappa shape index (κ2) is 5.68. The first-order valence-corrected chi connectivity index (χ1v) is 6.18. The van der Waals surface area contributed by atoms with E-state index in [9.17, 15) is 13.2 Å². The highest BCUT2D eigenvalue weighted by Crippen LogP contribution is 2.27. The van der Waals surface area contributed by atoms with Crippen LogP contribution in [0.3, 0.4) is 0 Å². The van der Waals surface area contributed by atoms with E-state index in [-0.39, 0.29) is 21.3 Å². The monoisotopic (exact) mass is 316 g/mol. The van der Waals surface area contributed by atoms with Gasteiger partial charge in [-0.2, -0.15) is 0 Å². The van der Waals surface area contributed by atoms with Gasteiger partial charge >= 0.3 is 0 Å². The zero-order chi connectivity index (χ0) is 14.9. The van der Waals surface area contributed by atoms with Gasteiger partial charge in [0.15, 0.2) is 0 Å². The predicted molar refractivity (Wildman–Crippen MR) is 76.9 cm³/mol. The van der Waals surface area contributed by atoms with Crippen LogP contribution in [0, 0.1) is 17.5 Å². The third kappa shape index (κ3) is 3.02. The van der Waals surface area contributed by atoms with Gasteiger partial charge in [0.2, 0.25) is 0 Å². The molecule has 0 fully saturated rings. The topological polar surface area (TPSA) is 38.0 Å². The summed E-state index contributed by atoms with van der Waals surface area (Å²) in [5.74, 6) is -2.58. The molecule has 2 nitrogen and oxygen atoms in total. The molecule has 0 bridgehead atoms. The van der Waals surface area contributed by atoms with Crippen molar-refractivity contribution in [2.45, 2.75) is 0 Å². The van der Waals surface area contributed by atoms with E-state index >= 15 is 0 Å². The molecule has 0 amide bonds. The number of hydrogen-bond donors (Lipinski definition) is 2. The van der Waals surface area contributed by atoms with Gasteiger partial charge in [-0.05, 0) is 30.3 Å². The summed E-state index contributed by atoms with van der Waals surface area (Å²) in [5, 5.41) is 2.51. The highest BCUT2D eigenvalue weighted by Gasteiger charge is 2.14. The van der Waals surface area contributed by atoms with Crippen molar-refractivity contribution in [1.29, 1.82) is 0 Å². The molecule has 0 aliphatic rings. The van der Waals surface area contributed by atoms with Gasteiger partial charge in [-0.25, -0.2) is 13.2 Å². The average Bonchev–Trinajstić information content (AvgIpc) is 2.35. The van der Waals surface area contributed by atoms with Crippen LogP contribution in [0.5, 0.6) is 0 Å². The Morgan fingerprint density at radius 2 is 1.65 bits per heavy atom. The van der Waals surface area contributed by atoms with Gasteiger partial charge in [-0.3, -0.25) is 0 Å². The Morgan fingerprint density at radius 3 is 2.15 bits per heavy atom. The molecule has 0 radical (unpaired) electrons. The van der Waals surface area contributed by atoms with Crippen molar-refractivity contribution in [2.75, 3.05) is 5.32 Å². The standard InChI is InChI=1S/C13H8ClF3N2S/c14-7-1-2-11(8(15)5-7)19-12-9(16)3-6(13(18)20)4-10(12)17/h1-5,19H,(H2,18,20). The first-order valence-electron chi connectivity index (χ1n) is 5.39. The van der Waals surface area contributed by atoms with Crippen LogP contribution in [0.2, 0.25) is 5.02 Å². The van der Waals surface area contributed by atoms with E-state index in [1.807, 2.05) is 0 Å². The maximum Gasteiger partial charge on any atom is 0.150 e. The van der Waals surface area contributed by atoms with Crippen molar-refractivity contribution >= 4 is 40.2 Å². The molecule has 3 N–H and O–H groups in total. The molecule has 0 aromatic heterocycles. The summed E-state index contributed by atoms with van der Waals surface area (Å²) in [4.78, 5) is -0.132. The molecule has 2 aromatic carbocycles. The van der Waals surface area contributed by atoms with Crippen molar-refractivity contribution in [3.05, 3.63) is 58.4 Å². The SMILES string of the molecule is NC(=S)c1cc(F)c(Nc2ccc(Cl)cc2F)c(F)c1. The Balaban J connectivity index is 2.41. The third-order valence-electron chi connectivity index (χ3n) is 2.52. The quantitative estimate of drug-likeness (QED) is 0.836. The number of thiocarbonyl (C=S) groups is 1. The highest BCUT2D eigenvalue weighted by molar-refractivity contribution is 7.80. The van der Waals surface area contributed by atoms with Gasteiger partial charge in [-0.1, -0.05) is 23.8 Å². The fraction of sp³-hybridized carbons (Fsp3) is 0. The molecule has 2 rings (SSSR count). The zero-order valence-electron chi connectivity index (χ0n) is 9.88. The fourth-order valence-corrected chi connectivity index (χ4v) is 1.84. The Labute approximate surface area is 123 Å². The summed E-state index contributed by atoms with van der Waals surface area (Å²) in [6.45, 7) is 0. The Bertz CT molecular complexity index is 668. The summed E-state index contributed by atoms with van der Waals surface area (Å²) < 4.78 is 41.2. The van der Waals surface area contributed by atoms with Crippen LogP contribution in [0.1, 0.15) is 5.56 Å². The Morgan fingerprint density at radius 1 is 1.05 bits per heavy atom. The van der Waals surface area contributed by atoms with E-state index < -0.39 is 23.1 Å². The summed E-state index contributed by atoms with van der Waals surface area (Å²) in [5.41, 5.74) is 4.76. The lowest BCUT2D eigenvalue weighted by atomic mass is 10.1. The van der Waals surface area contributed by atoms with Crippen LogP contribution >= 0.6 is 23.8 Å². The number of hydrogen-bond acceptors (Lipinski definition) is 2. The number of nitrogens with two attached hydrogens (primary N) is 1. The Hall–Kier alpha value is -1.79. The second-order valence-corrected chi connectivity index (χ2v) is 4.80. The van der Waals surface area contributed by atoms with Gasteiger partial charge in [0.1, 0.15) is 28.1 Å². The van der Waals surface area contributed by atoms with Crippen LogP contribution in [0.15, 0.2) is 30.3 Å². The lowest BCUT2D eigenvalue weighted by Crippen LogP contribution is -2.11. The third-order valence-corrected chi connectivity index (χ3v) is 2.99. The number of benzene rings is 2. The van der Waals surface area contributed by atoms with Crippen LogP contribution in [0.4, 0.5) is 24.5 Å². The van der Waals surface area contributed by atoms with Gasteiger partial charge in [0.25, 0.3) is 0 Å². The first kappa shape index (κ1) is 14.6. The van der Waals surface area contributed by atoms with Gasteiger partial charge in [0, 0.05) is 10.6 Å². The van der Waals surface area contributed by atoms with Crippen LogP contribution in [-0.2, 0) is 0 Å². The molecule has 0 unspecified atom stereocenters. The maximum absolute atomic E-state index is 13.8. The predicted octanol–water partition coefficient (Wildman–Crippen LogP) is 4.14. The van der Waals surface area contributed by atoms with E-state index in [0.29, 0.717) is 0 Å². The largest absolute Gasteiger partial charge is 0.389 e. The van der Waals surface area contributed by atoms with Gasteiger partial charge < -0.3 is 11.1 Å². The van der Waals surface area contributed by atoms with Crippen molar-refractivity contribution in [2.24, 2.45) is 5.73 Å². The molecule has 0 saturated carbocycles. The average molecular weight is 317 g/mol. The molecule has 20 heavy (non-hydrogen) atoms. The summed E-state index contributed by atoms with van der Waals surface area (Å²) in [6.07, 6.45) is 0. The number of halogens is 4. The minimum atomic E-state index is -0.929. The van der Waals surface area contributed by atoms with E-state index in [1.165, 1.54) is 12.1 Å². The summed E-state index contributed by atoms with van der Waals surface area (Å²) in [6, 6.07) is 5.65. The van der Waals surface area contributed by atoms with Crippen molar-refractivity contribution in [3.63, 3.8) is 0 Å². The first-order chi connectivity index (χ1) is 9.38. The van der Waals surface area contributed by atoms with E-state index in [1.54, 1.807) is 0 Å². The molecule has 104 valence electrons. The lowest BCUT2D eigenvalue weighted by Gasteiger charge is -2.11. The van der Waals surface area contributed by atoms with Crippen LogP contribution in [-0.4, -0.2) is 4.99 Å². The number of rotatable bonds is 3. The lowest BCUT2D eigenvalue weighted by molar-refractivity contribution is 0.589. The minimum absolute atomic E-state index is 0.0529. The summed E-state index contributed by atoms with van der Waals surface area (Å²) >= 11 is 10.2. The maximum atomic E-state index is 13.8. The molecule has 0 aliphatic heterocycles. The Kier molecular flexibility index (Phi) is 4.15. The zero-order valence-corrected chi connectivity index (χ0v) is 11.5. The van der Waals surface area contributed by atoms with Crippen LogP contribution < -0.4 is 11.1 Å². The summed E-state index contributed by atoms with van der Waals surface area (Å²) in [7, 11) is 0. The molecule has 2 aromatic rings. The molecule has 7 heteroatoms. The number of anilines is 2. The van der Waals surface area contributed by atoms with E-state index in [0.717, 1.165) is 18.2 Å². The molecular formula is C13H8ClF3N2S. The van der Waals surface area contributed by atoms with Crippen molar-refractivity contribution < 1.29 is 13.2 Å². The van der Waals surface area contributed by atoms with Gasteiger partial charge in [-0.15, -0.1) is 0 Å². The molecule has 0 atom stereocenters. The van der Waals surface area contributed by atoms with Crippen molar-refractivity contribution in [1.82, 2.24) is 0 Å². The normalized spacial score (nSPS) is 10.4. The van der Waals surface area contributed by atoms with Crippen molar-refractivity contribution in [3.8, 4) is 0 Å². The van der Waals surface area contributed by atoms with Crippen LogP contribution in [0.25, 0.3) is 0 Å². The fourth-order valence-electron chi connectivity index (χ4n) is 1.56. The second-order valence-electron chi connectivity index (χ2n) is 3.93. The molecule has 0 heterocycles. The number of nitrogens with one attached hydrogen (secondary N) is 1. The minimum Gasteiger partial charge on any atom is -0.389 e. The van der Waals surface area contributed by atoms with Gasteiger partial charge in [0.05, 0.1) is 5.69 Å². The highest BCUT2D eigenvalue weighted by atomic mass is 35.5. The molecular weight excluding hydrogens is 309 g/mol. The molecule has 0 spiro atoms. The molecule has 0 saturated heterocycles. The van der Waals surface area contributed by atoms with E-state index in [4.69, 9.17) is 17.3 Å². The smallest absolute Gasteiger partial charge is 0.150 e. The molecule has 0 aliphatic carbocycles.